The van der Waals surface area contributed by atoms with Crippen LogP contribution in [0.3, 0.4) is 0 Å². The Hall–Kier alpha value is -0.610. The van der Waals surface area contributed by atoms with Crippen LogP contribution in [0.15, 0.2) is 18.5 Å². The van der Waals surface area contributed by atoms with Gasteiger partial charge in [0.15, 0.2) is 0 Å². The van der Waals surface area contributed by atoms with Crippen LogP contribution in [-0.4, -0.2) is 21.8 Å². The standard InChI is InChI=1S/C11H12BrClN2O/c12-8-2-1-3-10(8)15-11(16)7-4-5-14-6-9(7)13/h4-6,8,10H,1-3H2,(H,15,16). The van der Waals surface area contributed by atoms with Crippen molar-refractivity contribution < 1.29 is 4.79 Å². The molecule has 1 aromatic heterocycles. The lowest BCUT2D eigenvalue weighted by Gasteiger charge is -2.16. The fraction of sp³-hybridized carbons (Fsp3) is 0.455. The number of carbonyl (C=O) groups is 1. The molecule has 0 aliphatic heterocycles. The molecule has 2 rings (SSSR count). The van der Waals surface area contributed by atoms with Gasteiger partial charge in [-0.3, -0.25) is 9.78 Å². The summed E-state index contributed by atoms with van der Waals surface area (Å²) in [7, 11) is 0. The lowest BCUT2D eigenvalue weighted by molar-refractivity contribution is 0.0939. The average molecular weight is 304 g/mol. The fourth-order valence-corrected chi connectivity index (χ4v) is 2.81. The predicted molar refractivity (Wildman–Crippen MR) is 67.1 cm³/mol. The Morgan fingerprint density at radius 3 is 3.00 bits per heavy atom. The topological polar surface area (TPSA) is 42.0 Å². The maximum absolute atomic E-state index is 11.9. The van der Waals surface area contributed by atoms with Crippen molar-refractivity contribution in [1.29, 1.82) is 0 Å². The van der Waals surface area contributed by atoms with Crippen LogP contribution in [0.4, 0.5) is 0 Å². The number of pyridine rings is 1. The summed E-state index contributed by atoms with van der Waals surface area (Å²) in [5, 5.41) is 3.38. The highest BCUT2D eigenvalue weighted by atomic mass is 79.9. The number of alkyl halides is 1. The van der Waals surface area contributed by atoms with E-state index < -0.39 is 0 Å². The first-order valence-corrected chi connectivity index (χ1v) is 6.52. The van der Waals surface area contributed by atoms with Gasteiger partial charge in [-0.05, 0) is 18.9 Å². The van der Waals surface area contributed by atoms with E-state index in [0.29, 0.717) is 15.4 Å². The fourth-order valence-electron chi connectivity index (χ4n) is 1.88. The maximum Gasteiger partial charge on any atom is 0.253 e. The summed E-state index contributed by atoms with van der Waals surface area (Å²) in [6, 6.07) is 1.84. The number of nitrogens with zero attached hydrogens (tertiary/aromatic N) is 1. The molecule has 1 saturated carbocycles. The third-order valence-corrected chi connectivity index (χ3v) is 4.16. The van der Waals surface area contributed by atoms with Gasteiger partial charge < -0.3 is 5.32 Å². The van der Waals surface area contributed by atoms with Gasteiger partial charge in [-0.1, -0.05) is 34.0 Å². The zero-order valence-corrected chi connectivity index (χ0v) is 11.0. The first-order chi connectivity index (χ1) is 7.68. The largest absolute Gasteiger partial charge is 0.348 e. The molecule has 2 atom stereocenters. The lowest BCUT2D eigenvalue weighted by Crippen LogP contribution is -2.37. The van der Waals surface area contributed by atoms with Gasteiger partial charge in [0.25, 0.3) is 5.91 Å². The molecule has 1 heterocycles. The molecule has 1 fully saturated rings. The van der Waals surface area contributed by atoms with Crippen molar-refractivity contribution in [3.8, 4) is 0 Å². The van der Waals surface area contributed by atoms with Crippen molar-refractivity contribution in [2.75, 3.05) is 0 Å². The first-order valence-electron chi connectivity index (χ1n) is 5.23. The van der Waals surface area contributed by atoms with Crippen LogP contribution in [0.25, 0.3) is 0 Å². The highest BCUT2D eigenvalue weighted by Crippen LogP contribution is 2.26. The smallest absolute Gasteiger partial charge is 0.253 e. The summed E-state index contributed by atoms with van der Waals surface area (Å²) in [5.41, 5.74) is 0.489. The van der Waals surface area contributed by atoms with Gasteiger partial charge in [0, 0.05) is 23.3 Å². The Morgan fingerprint density at radius 1 is 1.56 bits per heavy atom. The van der Waals surface area contributed by atoms with Crippen LogP contribution in [0.1, 0.15) is 29.6 Å². The van der Waals surface area contributed by atoms with Crippen LogP contribution in [0, 0.1) is 0 Å². The number of aromatic nitrogens is 1. The molecule has 0 spiro atoms. The highest BCUT2D eigenvalue weighted by Gasteiger charge is 2.26. The molecule has 1 aromatic rings. The molecular formula is C11H12BrClN2O. The molecule has 0 radical (unpaired) electrons. The van der Waals surface area contributed by atoms with E-state index in [1.807, 2.05) is 0 Å². The van der Waals surface area contributed by atoms with Crippen molar-refractivity contribution in [2.45, 2.75) is 30.1 Å². The Labute approximate surface area is 108 Å². The van der Waals surface area contributed by atoms with E-state index in [9.17, 15) is 4.79 Å². The number of rotatable bonds is 2. The molecule has 0 aromatic carbocycles. The van der Waals surface area contributed by atoms with Gasteiger partial charge in [-0.2, -0.15) is 0 Å². The van der Waals surface area contributed by atoms with Crippen molar-refractivity contribution in [3.63, 3.8) is 0 Å². The highest BCUT2D eigenvalue weighted by molar-refractivity contribution is 9.09. The van der Waals surface area contributed by atoms with Gasteiger partial charge in [0.05, 0.1) is 10.6 Å². The van der Waals surface area contributed by atoms with Gasteiger partial charge in [0.1, 0.15) is 0 Å². The van der Waals surface area contributed by atoms with Gasteiger partial charge in [-0.25, -0.2) is 0 Å². The molecular weight excluding hydrogens is 291 g/mol. The Balaban J connectivity index is 2.06. The minimum absolute atomic E-state index is 0.122. The minimum Gasteiger partial charge on any atom is -0.348 e. The molecule has 86 valence electrons. The van der Waals surface area contributed by atoms with E-state index in [2.05, 4.69) is 26.2 Å². The SMILES string of the molecule is O=C(NC1CCCC1Br)c1ccncc1Cl. The van der Waals surface area contributed by atoms with Crippen LogP contribution in [0.5, 0.6) is 0 Å². The van der Waals surface area contributed by atoms with Crippen molar-refractivity contribution in [1.82, 2.24) is 10.3 Å². The first kappa shape index (κ1) is 11.9. The summed E-state index contributed by atoms with van der Waals surface area (Å²) >= 11 is 9.47. The van der Waals surface area contributed by atoms with Gasteiger partial charge >= 0.3 is 0 Å². The van der Waals surface area contributed by atoms with Crippen LogP contribution < -0.4 is 5.32 Å². The van der Waals surface area contributed by atoms with E-state index in [0.717, 1.165) is 19.3 Å². The van der Waals surface area contributed by atoms with E-state index in [1.54, 1.807) is 12.3 Å². The van der Waals surface area contributed by atoms with Crippen LogP contribution in [-0.2, 0) is 0 Å². The number of halogens is 2. The number of hydrogen-bond donors (Lipinski definition) is 1. The molecule has 0 bridgehead atoms. The van der Waals surface area contributed by atoms with Crippen molar-refractivity contribution in [3.05, 3.63) is 29.0 Å². The monoisotopic (exact) mass is 302 g/mol. The Kier molecular flexibility index (Phi) is 3.82. The van der Waals surface area contributed by atoms with Gasteiger partial charge in [0.2, 0.25) is 0 Å². The van der Waals surface area contributed by atoms with Crippen molar-refractivity contribution >= 4 is 33.4 Å². The third kappa shape index (κ3) is 2.55. The van der Waals surface area contributed by atoms with E-state index >= 15 is 0 Å². The molecule has 5 heteroatoms. The van der Waals surface area contributed by atoms with Crippen LogP contribution in [0.2, 0.25) is 5.02 Å². The minimum atomic E-state index is -0.122. The van der Waals surface area contributed by atoms with Gasteiger partial charge in [-0.15, -0.1) is 0 Å². The normalized spacial score (nSPS) is 24.4. The summed E-state index contributed by atoms with van der Waals surface area (Å²) in [6.45, 7) is 0. The Bertz CT molecular complexity index is 399. The second-order valence-corrected chi connectivity index (χ2v) is 5.47. The predicted octanol–water partition coefficient (Wildman–Crippen LogP) is 2.78. The molecule has 1 amide bonds. The second-order valence-electron chi connectivity index (χ2n) is 3.88. The summed E-state index contributed by atoms with van der Waals surface area (Å²) in [5.74, 6) is -0.122. The molecule has 2 unspecified atom stereocenters. The van der Waals surface area contributed by atoms with Crippen molar-refractivity contribution in [2.24, 2.45) is 0 Å². The summed E-state index contributed by atoms with van der Waals surface area (Å²) < 4.78 is 0. The van der Waals surface area contributed by atoms with E-state index in [1.165, 1.54) is 6.20 Å². The van der Waals surface area contributed by atoms with E-state index in [-0.39, 0.29) is 11.9 Å². The zero-order chi connectivity index (χ0) is 11.5. The van der Waals surface area contributed by atoms with E-state index in [4.69, 9.17) is 11.6 Å². The molecule has 1 N–H and O–H groups in total. The number of carbonyl (C=O) groups excluding carboxylic acids is 1. The number of amides is 1. The molecule has 1 aliphatic carbocycles. The quantitative estimate of drug-likeness (QED) is 0.854. The molecule has 1 aliphatic rings. The third-order valence-electron chi connectivity index (χ3n) is 2.77. The Morgan fingerprint density at radius 2 is 2.38 bits per heavy atom. The molecule has 3 nitrogen and oxygen atoms in total. The number of nitrogens with one attached hydrogen (secondary N) is 1. The molecule has 16 heavy (non-hydrogen) atoms. The molecule has 0 saturated heterocycles. The zero-order valence-electron chi connectivity index (χ0n) is 8.62. The van der Waals surface area contributed by atoms with Crippen LogP contribution >= 0.6 is 27.5 Å². The number of hydrogen-bond acceptors (Lipinski definition) is 2. The lowest BCUT2D eigenvalue weighted by atomic mass is 10.2. The maximum atomic E-state index is 11.9. The second kappa shape index (κ2) is 5.15. The summed E-state index contributed by atoms with van der Waals surface area (Å²) in [4.78, 5) is 16.1. The average Bonchev–Trinajstić information content (AvgIpc) is 2.65. The summed E-state index contributed by atoms with van der Waals surface area (Å²) in [6.07, 6.45) is 6.32.